The van der Waals surface area contributed by atoms with Gasteiger partial charge in [-0.05, 0) is 25.5 Å². The summed E-state index contributed by atoms with van der Waals surface area (Å²) in [5, 5.41) is 0. The smallest absolute Gasteiger partial charge is 0.461 e. The van der Waals surface area contributed by atoms with Crippen LogP contribution in [0.3, 0.4) is 0 Å². The third-order valence-electron chi connectivity index (χ3n) is 2.20. The minimum absolute atomic E-state index is 0.0175. The Labute approximate surface area is 107 Å². The van der Waals surface area contributed by atoms with Gasteiger partial charge in [-0.1, -0.05) is 0 Å². The van der Waals surface area contributed by atoms with E-state index in [2.05, 4.69) is 14.5 Å². The summed E-state index contributed by atoms with van der Waals surface area (Å²) >= 11 is 0. The number of alkyl halides is 3. The highest BCUT2D eigenvalue weighted by atomic mass is 19.4. The number of rotatable bonds is 4. The molecular weight excluding hydrogens is 265 g/mol. The van der Waals surface area contributed by atoms with Gasteiger partial charge in [-0.3, -0.25) is 0 Å². The van der Waals surface area contributed by atoms with Crippen molar-refractivity contribution in [3.63, 3.8) is 0 Å². The van der Waals surface area contributed by atoms with Gasteiger partial charge in [0.1, 0.15) is 0 Å². The second-order valence-electron chi connectivity index (χ2n) is 3.55. The molecule has 5 nitrogen and oxygen atoms in total. The maximum Gasteiger partial charge on any atom is 0.573 e. The number of hydrogen-bond donors (Lipinski definition) is 1. The van der Waals surface area contributed by atoms with E-state index in [1.54, 1.807) is 0 Å². The Morgan fingerprint density at radius 3 is 2.58 bits per heavy atom. The van der Waals surface area contributed by atoms with Crippen molar-refractivity contribution in [2.24, 2.45) is 5.73 Å². The monoisotopic (exact) mass is 278 g/mol. The number of carbonyl (C=O) groups excluding carboxylic acids is 1. The topological polar surface area (TPSA) is 74.4 Å². The fourth-order valence-corrected chi connectivity index (χ4v) is 1.38. The van der Waals surface area contributed by atoms with Crippen molar-refractivity contribution in [2.75, 3.05) is 6.61 Å². The predicted octanol–water partition coefficient (Wildman–Crippen LogP) is 1.92. The number of pyridine rings is 1. The maximum atomic E-state index is 12.3. The molecule has 106 valence electrons. The van der Waals surface area contributed by atoms with Crippen molar-refractivity contribution in [3.05, 3.63) is 23.0 Å². The minimum atomic E-state index is -4.93. The Morgan fingerprint density at radius 2 is 2.11 bits per heavy atom. The molecule has 8 heteroatoms. The highest BCUT2D eigenvalue weighted by Crippen LogP contribution is 2.28. The summed E-state index contributed by atoms with van der Waals surface area (Å²) in [7, 11) is 0. The van der Waals surface area contributed by atoms with Crippen LogP contribution in [-0.2, 0) is 11.3 Å². The van der Waals surface area contributed by atoms with E-state index in [0.29, 0.717) is 11.3 Å². The molecule has 1 heterocycles. The van der Waals surface area contributed by atoms with E-state index in [1.165, 1.54) is 13.8 Å². The number of halogens is 3. The number of nitrogens with two attached hydrogens (primary N) is 1. The molecule has 0 saturated heterocycles. The number of aromatic nitrogens is 1. The van der Waals surface area contributed by atoms with Crippen LogP contribution in [0.1, 0.15) is 28.7 Å². The second kappa shape index (κ2) is 5.87. The van der Waals surface area contributed by atoms with Gasteiger partial charge >= 0.3 is 12.3 Å². The Hall–Kier alpha value is -1.83. The van der Waals surface area contributed by atoms with Gasteiger partial charge in [0.2, 0.25) is 0 Å². The van der Waals surface area contributed by atoms with Crippen molar-refractivity contribution < 1.29 is 27.4 Å². The lowest BCUT2D eigenvalue weighted by molar-refractivity contribution is -0.274. The summed E-state index contributed by atoms with van der Waals surface area (Å²) in [6.45, 7) is 3.06. The minimum Gasteiger partial charge on any atom is -0.461 e. The van der Waals surface area contributed by atoms with Crippen molar-refractivity contribution in [1.29, 1.82) is 0 Å². The summed E-state index contributed by atoms with van der Waals surface area (Å²) in [4.78, 5) is 15.3. The van der Waals surface area contributed by atoms with Crippen LogP contribution in [0.2, 0.25) is 0 Å². The summed E-state index contributed by atoms with van der Waals surface area (Å²) < 4.78 is 45.2. The largest absolute Gasteiger partial charge is 0.573 e. The molecule has 0 bridgehead atoms. The van der Waals surface area contributed by atoms with Gasteiger partial charge in [-0.15, -0.1) is 13.2 Å². The molecule has 0 unspecified atom stereocenters. The van der Waals surface area contributed by atoms with Crippen LogP contribution < -0.4 is 10.5 Å². The number of aryl methyl sites for hydroxylation is 1. The van der Waals surface area contributed by atoms with Crippen molar-refractivity contribution >= 4 is 5.97 Å². The van der Waals surface area contributed by atoms with Crippen LogP contribution in [0.15, 0.2) is 6.07 Å². The van der Waals surface area contributed by atoms with Crippen LogP contribution in [0.5, 0.6) is 5.75 Å². The van der Waals surface area contributed by atoms with Gasteiger partial charge in [0, 0.05) is 12.2 Å². The zero-order chi connectivity index (χ0) is 14.6. The number of esters is 1. The van der Waals surface area contributed by atoms with Gasteiger partial charge in [0.25, 0.3) is 0 Å². The molecule has 1 aromatic rings. The molecule has 0 aliphatic carbocycles. The summed E-state index contributed by atoms with van der Waals surface area (Å²) in [5.41, 5.74) is 5.56. The first kappa shape index (κ1) is 15.2. The quantitative estimate of drug-likeness (QED) is 0.852. The highest BCUT2D eigenvalue weighted by Gasteiger charge is 2.34. The molecule has 0 aliphatic heterocycles. The molecule has 0 fully saturated rings. The predicted molar refractivity (Wildman–Crippen MR) is 59.5 cm³/mol. The summed E-state index contributed by atoms with van der Waals surface area (Å²) in [5.74, 6) is -1.69. The molecule has 0 atom stereocenters. The van der Waals surface area contributed by atoms with Crippen LogP contribution in [0, 0.1) is 6.92 Å². The zero-order valence-electron chi connectivity index (χ0n) is 10.4. The lowest BCUT2D eigenvalue weighted by atomic mass is 10.1. The number of nitrogens with zero attached hydrogens (tertiary/aromatic N) is 1. The average Bonchev–Trinajstić information content (AvgIpc) is 2.29. The molecule has 0 radical (unpaired) electrons. The molecule has 1 rings (SSSR count). The third-order valence-corrected chi connectivity index (χ3v) is 2.20. The van der Waals surface area contributed by atoms with E-state index in [1.807, 2.05) is 0 Å². The molecule has 0 spiro atoms. The van der Waals surface area contributed by atoms with Gasteiger partial charge in [0.05, 0.1) is 6.61 Å². The van der Waals surface area contributed by atoms with Crippen molar-refractivity contribution in [3.8, 4) is 5.75 Å². The second-order valence-corrected chi connectivity index (χ2v) is 3.55. The van der Waals surface area contributed by atoms with E-state index in [-0.39, 0.29) is 13.2 Å². The molecule has 0 aromatic carbocycles. The Morgan fingerprint density at radius 1 is 1.47 bits per heavy atom. The van der Waals surface area contributed by atoms with Crippen LogP contribution >= 0.6 is 0 Å². The molecule has 0 saturated carbocycles. The fraction of sp³-hybridized carbons (Fsp3) is 0.455. The number of ether oxygens (including phenoxy) is 2. The van der Waals surface area contributed by atoms with E-state index < -0.39 is 23.8 Å². The lowest BCUT2D eigenvalue weighted by Crippen LogP contribution is -2.21. The Kier molecular flexibility index (Phi) is 4.71. The molecule has 0 aliphatic rings. The van der Waals surface area contributed by atoms with Crippen molar-refractivity contribution in [1.82, 2.24) is 4.98 Å². The lowest BCUT2D eigenvalue weighted by Gasteiger charge is -2.14. The van der Waals surface area contributed by atoms with E-state index in [0.717, 1.165) is 6.07 Å². The van der Waals surface area contributed by atoms with Crippen LogP contribution in [0.25, 0.3) is 0 Å². The summed E-state index contributed by atoms with van der Waals surface area (Å²) in [6, 6.07) is 1.04. The molecular formula is C11H13F3N2O3. The first-order chi connectivity index (χ1) is 8.78. The molecule has 0 amide bonds. The molecule has 19 heavy (non-hydrogen) atoms. The van der Waals surface area contributed by atoms with Crippen molar-refractivity contribution in [2.45, 2.75) is 26.8 Å². The van der Waals surface area contributed by atoms with Crippen LogP contribution in [-0.4, -0.2) is 23.9 Å². The first-order valence-corrected chi connectivity index (χ1v) is 5.42. The van der Waals surface area contributed by atoms with Gasteiger partial charge in [-0.2, -0.15) is 0 Å². The van der Waals surface area contributed by atoms with Gasteiger partial charge in [0.15, 0.2) is 11.4 Å². The number of carbonyl (C=O) groups is 1. The molecule has 1 aromatic heterocycles. The van der Waals surface area contributed by atoms with E-state index in [4.69, 9.17) is 5.73 Å². The third kappa shape index (κ3) is 4.09. The fourth-order valence-electron chi connectivity index (χ4n) is 1.38. The highest BCUT2D eigenvalue weighted by molar-refractivity contribution is 5.90. The Bertz CT molecular complexity index is 475. The normalized spacial score (nSPS) is 11.3. The SMILES string of the molecule is CCOC(=O)c1nc(C)c(CN)cc1OC(F)(F)F. The van der Waals surface area contributed by atoms with E-state index >= 15 is 0 Å². The average molecular weight is 278 g/mol. The standard InChI is InChI=1S/C11H13F3N2O3/c1-3-18-10(17)9-8(19-11(12,13)14)4-7(5-15)6(2)16-9/h4H,3,5,15H2,1-2H3. The summed E-state index contributed by atoms with van der Waals surface area (Å²) in [6.07, 6.45) is -4.93. The molecule has 2 N–H and O–H groups in total. The van der Waals surface area contributed by atoms with E-state index in [9.17, 15) is 18.0 Å². The van der Waals surface area contributed by atoms with Gasteiger partial charge < -0.3 is 15.2 Å². The van der Waals surface area contributed by atoms with Gasteiger partial charge in [-0.25, -0.2) is 9.78 Å². The number of hydrogen-bond acceptors (Lipinski definition) is 5. The maximum absolute atomic E-state index is 12.3. The zero-order valence-corrected chi connectivity index (χ0v) is 10.4. The van der Waals surface area contributed by atoms with Crippen LogP contribution in [0.4, 0.5) is 13.2 Å². The Balaban J connectivity index is 3.26. The first-order valence-electron chi connectivity index (χ1n) is 5.42.